The number of nitrogens with one attached hydrogen (secondary N) is 3. The van der Waals surface area contributed by atoms with E-state index in [2.05, 4.69) is 27.8 Å². The minimum Gasteiger partial charge on any atom is -0.495 e. The number of ether oxygens (including phenoxy) is 1. The number of benzene rings is 2. The third-order valence-electron chi connectivity index (χ3n) is 6.32. The summed E-state index contributed by atoms with van der Waals surface area (Å²) >= 11 is 1.18. The van der Waals surface area contributed by atoms with E-state index in [-0.39, 0.29) is 18.7 Å². The maximum atomic E-state index is 14.4. The summed E-state index contributed by atoms with van der Waals surface area (Å²) in [5.74, 6) is 6.35. The van der Waals surface area contributed by atoms with Crippen LogP contribution in [0.5, 0.6) is 5.75 Å². The van der Waals surface area contributed by atoms with Gasteiger partial charge < -0.3 is 25.3 Å². The second-order valence-corrected chi connectivity index (χ2v) is 13.8. The van der Waals surface area contributed by atoms with Crippen molar-refractivity contribution >= 4 is 45.2 Å². The van der Waals surface area contributed by atoms with Crippen molar-refractivity contribution < 1.29 is 26.9 Å². The molecule has 1 unspecified atom stereocenters. The largest absolute Gasteiger partial charge is 0.495 e. The summed E-state index contributed by atoms with van der Waals surface area (Å²) in [5.41, 5.74) is 1.38. The molecule has 0 aliphatic carbocycles. The van der Waals surface area contributed by atoms with E-state index in [1.54, 1.807) is 49.7 Å². The number of hydrogen-bond acceptors (Lipinski definition) is 6. The van der Waals surface area contributed by atoms with Crippen molar-refractivity contribution in [2.45, 2.75) is 31.2 Å². The topological polar surface area (TPSA) is 62.4 Å². The van der Waals surface area contributed by atoms with Crippen LogP contribution in [0.4, 0.5) is 28.9 Å². The van der Waals surface area contributed by atoms with E-state index in [0.717, 1.165) is 0 Å². The Hall–Kier alpha value is -2.73. The molecule has 204 valence electrons. The summed E-state index contributed by atoms with van der Waals surface area (Å²) in [5, 5.41) is 10.5. The van der Waals surface area contributed by atoms with Crippen LogP contribution in [0.2, 0.25) is 0 Å². The van der Waals surface area contributed by atoms with Crippen molar-refractivity contribution in [2.75, 3.05) is 50.7 Å². The van der Waals surface area contributed by atoms with Gasteiger partial charge in [0.2, 0.25) is 0 Å². The van der Waals surface area contributed by atoms with Crippen LogP contribution in [0.15, 0.2) is 36.4 Å². The number of thiophene rings is 1. The number of hydrogen-bond donors (Lipinski definition) is 3. The van der Waals surface area contributed by atoms with Crippen molar-refractivity contribution in [2.24, 2.45) is 0 Å². The minimum absolute atomic E-state index is 0.124. The van der Waals surface area contributed by atoms with Crippen molar-refractivity contribution in [1.29, 1.82) is 0 Å². The van der Waals surface area contributed by atoms with Crippen molar-refractivity contribution in [3.05, 3.63) is 46.8 Å². The van der Waals surface area contributed by atoms with Gasteiger partial charge in [-0.25, -0.2) is 4.39 Å². The van der Waals surface area contributed by atoms with Crippen LogP contribution >= 0.6 is 18.5 Å². The van der Waals surface area contributed by atoms with E-state index in [1.165, 1.54) is 18.4 Å². The number of methoxy groups -OCH3 is 1. The summed E-state index contributed by atoms with van der Waals surface area (Å²) in [4.78, 5) is 0.329. The normalized spacial score (nSPS) is 18.1. The summed E-state index contributed by atoms with van der Waals surface area (Å²) in [6.07, 6.45) is -6.02. The van der Waals surface area contributed by atoms with Crippen LogP contribution in [0, 0.1) is 11.8 Å². The molecule has 4 rings (SSSR count). The Morgan fingerprint density at radius 1 is 1.21 bits per heavy atom. The Bertz CT molecular complexity index is 1410. The van der Waals surface area contributed by atoms with Gasteiger partial charge in [-0.15, -0.1) is 11.3 Å². The van der Waals surface area contributed by atoms with Gasteiger partial charge in [0.1, 0.15) is 19.1 Å². The summed E-state index contributed by atoms with van der Waals surface area (Å²) in [6, 6.07) is 9.92. The molecule has 1 aromatic heterocycles. The lowest BCUT2D eigenvalue weighted by molar-refractivity contribution is -0.126. The van der Waals surface area contributed by atoms with Crippen molar-refractivity contribution in [3.63, 3.8) is 0 Å². The highest BCUT2D eigenvalue weighted by molar-refractivity contribution is 7.70. The molecule has 2 heterocycles. The molecule has 0 saturated carbocycles. The van der Waals surface area contributed by atoms with Gasteiger partial charge in [0, 0.05) is 11.8 Å². The molecule has 0 bridgehead atoms. The molecule has 0 spiro atoms. The van der Waals surface area contributed by atoms with E-state index < -0.39 is 32.0 Å². The van der Waals surface area contributed by atoms with E-state index in [0.29, 0.717) is 50.4 Å². The van der Waals surface area contributed by atoms with Crippen molar-refractivity contribution in [1.82, 2.24) is 5.32 Å². The lowest BCUT2D eigenvalue weighted by atomic mass is 10.0. The average Bonchev–Trinajstić information content (AvgIpc) is 3.19. The van der Waals surface area contributed by atoms with Crippen LogP contribution in [0.25, 0.3) is 10.1 Å². The van der Waals surface area contributed by atoms with Gasteiger partial charge in [-0.05, 0) is 61.5 Å². The maximum Gasteiger partial charge on any atom is 0.393 e. The fourth-order valence-electron chi connectivity index (χ4n) is 4.37. The molecule has 1 aliphatic rings. The predicted octanol–water partition coefficient (Wildman–Crippen LogP) is 5.84. The van der Waals surface area contributed by atoms with Crippen LogP contribution in [-0.4, -0.2) is 58.5 Å². The smallest absolute Gasteiger partial charge is 0.393 e. The Kier molecular flexibility index (Phi) is 8.61. The maximum absolute atomic E-state index is 14.4. The van der Waals surface area contributed by atoms with Crippen LogP contribution < -0.4 is 26.0 Å². The molecular formula is C27H30F4N3O2PS. The third-order valence-corrected chi connectivity index (χ3v) is 9.04. The van der Waals surface area contributed by atoms with E-state index in [1.807, 2.05) is 0 Å². The Morgan fingerprint density at radius 2 is 2.00 bits per heavy atom. The fraction of sp³-hybridized carbons (Fsp3) is 0.407. The first-order chi connectivity index (χ1) is 18.0. The lowest BCUT2D eigenvalue weighted by Crippen LogP contribution is -2.45. The zero-order valence-electron chi connectivity index (χ0n) is 21.3. The molecule has 0 amide bonds. The zero-order valence-corrected chi connectivity index (χ0v) is 23.0. The lowest BCUT2D eigenvalue weighted by Gasteiger charge is -2.28. The second-order valence-electron chi connectivity index (χ2n) is 9.53. The molecular weight excluding hydrogens is 537 g/mol. The first kappa shape index (κ1) is 28.3. The number of alkyl halides is 4. The molecule has 38 heavy (non-hydrogen) atoms. The number of anilines is 2. The van der Waals surface area contributed by atoms with E-state index in [9.17, 15) is 22.1 Å². The predicted molar refractivity (Wildman–Crippen MR) is 149 cm³/mol. The van der Waals surface area contributed by atoms with Crippen LogP contribution in [0.3, 0.4) is 0 Å². The molecule has 0 radical (unpaired) electrons. The van der Waals surface area contributed by atoms with Gasteiger partial charge in [-0.2, -0.15) is 13.2 Å². The SMILES string of the molecule is COc1cc(P(C)(C)=O)ccc1NCC#Cc1sc2c(N[C@@H]3CCNCC3F)cccc2c1CC(F)(F)F. The molecule has 2 aromatic carbocycles. The minimum atomic E-state index is -4.40. The zero-order chi connectivity index (χ0) is 27.5. The molecule has 1 saturated heterocycles. The highest BCUT2D eigenvalue weighted by atomic mass is 32.1. The number of piperidine rings is 1. The molecule has 11 heteroatoms. The monoisotopic (exact) mass is 567 g/mol. The first-order valence-electron chi connectivity index (χ1n) is 12.1. The van der Waals surface area contributed by atoms with Crippen LogP contribution in [-0.2, 0) is 11.0 Å². The third kappa shape index (κ3) is 6.82. The Balaban J connectivity index is 1.61. The number of halogens is 4. The molecule has 3 aromatic rings. The summed E-state index contributed by atoms with van der Waals surface area (Å²) in [6.45, 7) is 4.42. The van der Waals surface area contributed by atoms with Gasteiger partial charge in [-0.1, -0.05) is 24.0 Å². The van der Waals surface area contributed by atoms with Gasteiger partial charge in [0.25, 0.3) is 0 Å². The van der Waals surface area contributed by atoms with Gasteiger partial charge in [-0.3, -0.25) is 0 Å². The summed E-state index contributed by atoms with van der Waals surface area (Å²) in [7, 11) is -0.955. The molecule has 1 aliphatic heterocycles. The molecule has 2 atom stereocenters. The quantitative estimate of drug-likeness (QED) is 0.190. The Labute approximate surface area is 223 Å². The number of rotatable bonds is 7. The summed E-state index contributed by atoms with van der Waals surface area (Å²) < 4.78 is 73.3. The molecule has 1 fully saturated rings. The van der Waals surface area contributed by atoms with Gasteiger partial charge >= 0.3 is 6.18 Å². The average molecular weight is 568 g/mol. The molecule has 3 N–H and O–H groups in total. The standard InChI is InChI=1S/C27H30F4N3O2PS/c1-36-24-14-17(37(2,3)35)9-10-22(24)33-12-5-8-25-19(15-27(29,30)31)18-6-4-7-23(26(18)38-25)34-21-11-13-32-16-20(21)28/h4,6-7,9-10,14,20-21,32-34H,11-13,15-16H2,1-3H3/t20?,21-/m1/s1. The molecule has 5 nitrogen and oxygen atoms in total. The van der Waals surface area contributed by atoms with Gasteiger partial charge in [0.05, 0.1) is 47.1 Å². The highest BCUT2D eigenvalue weighted by Crippen LogP contribution is 2.40. The first-order valence-corrected chi connectivity index (χ1v) is 15.6. The Morgan fingerprint density at radius 3 is 2.68 bits per heavy atom. The van der Waals surface area contributed by atoms with Gasteiger partial charge in [0.15, 0.2) is 0 Å². The fourth-order valence-corrected chi connectivity index (χ4v) is 6.40. The van der Waals surface area contributed by atoms with Crippen LogP contribution in [0.1, 0.15) is 16.9 Å². The number of fused-ring (bicyclic) bond motifs is 1. The second kappa shape index (κ2) is 11.6. The van der Waals surface area contributed by atoms with E-state index in [4.69, 9.17) is 4.74 Å². The highest BCUT2D eigenvalue weighted by Gasteiger charge is 2.31. The van der Waals surface area contributed by atoms with Crippen molar-refractivity contribution in [3.8, 4) is 17.6 Å². The van der Waals surface area contributed by atoms with E-state index >= 15 is 0 Å².